The molecule has 92 valence electrons. The summed E-state index contributed by atoms with van der Waals surface area (Å²) in [6.07, 6.45) is 3.18. The third kappa shape index (κ3) is 4.11. The van der Waals surface area contributed by atoms with Crippen LogP contribution < -0.4 is 10.6 Å². The highest BCUT2D eigenvalue weighted by molar-refractivity contribution is 4.90. The molecule has 0 radical (unpaired) electrons. The zero-order chi connectivity index (χ0) is 12.0. The van der Waals surface area contributed by atoms with E-state index in [9.17, 15) is 0 Å². The predicted octanol–water partition coefficient (Wildman–Crippen LogP) is 1.90. The van der Waals surface area contributed by atoms with Crippen LogP contribution in [0, 0.1) is 22.7 Å². The first-order valence-electron chi connectivity index (χ1n) is 6.40. The summed E-state index contributed by atoms with van der Waals surface area (Å²) < 4.78 is 0. The van der Waals surface area contributed by atoms with Crippen molar-refractivity contribution in [1.29, 1.82) is 5.26 Å². The molecule has 0 aromatic carbocycles. The van der Waals surface area contributed by atoms with Crippen LogP contribution in [0.3, 0.4) is 0 Å². The maximum Gasteiger partial charge on any atom is 0.0953 e. The Balaban J connectivity index is 2.53. The summed E-state index contributed by atoms with van der Waals surface area (Å²) in [6.45, 7) is 10.0. The van der Waals surface area contributed by atoms with E-state index in [2.05, 4.69) is 37.5 Å². The molecule has 0 spiro atoms. The lowest BCUT2D eigenvalue weighted by Crippen LogP contribution is -2.35. The summed E-state index contributed by atoms with van der Waals surface area (Å²) in [7, 11) is 0. The van der Waals surface area contributed by atoms with Gasteiger partial charge in [-0.05, 0) is 43.7 Å². The summed E-state index contributed by atoms with van der Waals surface area (Å²) >= 11 is 0. The number of nitrogens with one attached hydrogen (secondary N) is 2. The fourth-order valence-electron chi connectivity index (χ4n) is 2.09. The molecule has 2 N–H and O–H groups in total. The van der Waals surface area contributed by atoms with E-state index < -0.39 is 0 Å². The van der Waals surface area contributed by atoms with E-state index in [1.165, 1.54) is 0 Å². The van der Waals surface area contributed by atoms with Crippen molar-refractivity contribution in [3.63, 3.8) is 0 Å². The largest absolute Gasteiger partial charge is 0.316 e. The minimum atomic E-state index is 0.0372. The molecule has 1 rings (SSSR count). The number of rotatable bonds is 0. The molecule has 1 saturated heterocycles. The first-order chi connectivity index (χ1) is 7.56. The van der Waals surface area contributed by atoms with E-state index in [0.717, 1.165) is 38.9 Å². The van der Waals surface area contributed by atoms with Gasteiger partial charge in [-0.2, -0.15) is 5.26 Å². The topological polar surface area (TPSA) is 47.9 Å². The molecular formula is C13H25N3. The molecule has 2 atom stereocenters. The average molecular weight is 223 g/mol. The van der Waals surface area contributed by atoms with Crippen LogP contribution in [0.15, 0.2) is 0 Å². The summed E-state index contributed by atoms with van der Waals surface area (Å²) in [5.41, 5.74) is 0.341. The maximum atomic E-state index is 8.98. The predicted molar refractivity (Wildman–Crippen MR) is 67.1 cm³/mol. The van der Waals surface area contributed by atoms with Gasteiger partial charge >= 0.3 is 0 Å². The van der Waals surface area contributed by atoms with Gasteiger partial charge in [0, 0.05) is 6.54 Å². The quantitative estimate of drug-likeness (QED) is 0.659. The van der Waals surface area contributed by atoms with Crippen LogP contribution in [0.4, 0.5) is 0 Å². The Bertz CT molecular complexity index is 242. The van der Waals surface area contributed by atoms with Crippen molar-refractivity contribution in [3.8, 4) is 6.07 Å². The third-order valence-electron chi connectivity index (χ3n) is 3.88. The fourth-order valence-corrected chi connectivity index (χ4v) is 2.09. The highest BCUT2D eigenvalue weighted by atomic mass is 14.9. The molecule has 0 aromatic heterocycles. The van der Waals surface area contributed by atoms with Gasteiger partial charge in [-0.3, -0.25) is 0 Å². The van der Waals surface area contributed by atoms with Crippen LogP contribution in [0.5, 0.6) is 0 Å². The van der Waals surface area contributed by atoms with E-state index in [1.807, 2.05) is 0 Å². The zero-order valence-corrected chi connectivity index (χ0v) is 10.8. The summed E-state index contributed by atoms with van der Waals surface area (Å²) in [4.78, 5) is 0. The highest BCUT2D eigenvalue weighted by Gasteiger charge is 2.25. The van der Waals surface area contributed by atoms with E-state index in [1.54, 1.807) is 0 Å². The molecule has 1 aliphatic rings. The molecule has 3 nitrogen and oxygen atoms in total. The maximum absolute atomic E-state index is 8.98. The van der Waals surface area contributed by atoms with Crippen molar-refractivity contribution in [2.75, 3.05) is 19.6 Å². The highest BCUT2D eigenvalue weighted by Crippen LogP contribution is 2.28. The Morgan fingerprint density at radius 1 is 1.25 bits per heavy atom. The van der Waals surface area contributed by atoms with Crippen LogP contribution >= 0.6 is 0 Å². The SMILES string of the molecule is CC1CCNC(C#N)CCCNCC1(C)C. The molecule has 1 aliphatic heterocycles. The molecule has 0 aliphatic carbocycles. The van der Waals surface area contributed by atoms with E-state index in [-0.39, 0.29) is 6.04 Å². The van der Waals surface area contributed by atoms with Crippen molar-refractivity contribution < 1.29 is 0 Å². The van der Waals surface area contributed by atoms with Gasteiger partial charge in [0.15, 0.2) is 0 Å². The van der Waals surface area contributed by atoms with Gasteiger partial charge in [0.25, 0.3) is 0 Å². The van der Waals surface area contributed by atoms with Crippen LogP contribution in [0.2, 0.25) is 0 Å². The van der Waals surface area contributed by atoms with Gasteiger partial charge in [-0.1, -0.05) is 20.8 Å². The van der Waals surface area contributed by atoms with Crippen LogP contribution in [0.1, 0.15) is 40.0 Å². The Hall–Kier alpha value is -0.590. The smallest absolute Gasteiger partial charge is 0.0953 e. The molecule has 1 fully saturated rings. The lowest BCUT2D eigenvalue weighted by molar-refractivity contribution is 0.210. The first kappa shape index (κ1) is 13.5. The van der Waals surface area contributed by atoms with E-state index in [0.29, 0.717) is 11.3 Å². The number of nitriles is 1. The molecule has 1 heterocycles. The van der Waals surface area contributed by atoms with Crippen molar-refractivity contribution in [2.45, 2.75) is 46.1 Å². The number of hydrogen-bond donors (Lipinski definition) is 2. The van der Waals surface area contributed by atoms with Gasteiger partial charge in [-0.25, -0.2) is 0 Å². The van der Waals surface area contributed by atoms with Crippen LogP contribution in [0.25, 0.3) is 0 Å². The van der Waals surface area contributed by atoms with Crippen LogP contribution in [-0.2, 0) is 0 Å². The standard InChI is InChI=1S/C13H25N3/c1-11-6-8-16-12(9-14)5-4-7-15-10-13(11,2)3/h11-12,15-16H,4-8,10H2,1-3H3. The summed E-state index contributed by atoms with van der Waals surface area (Å²) in [5, 5.41) is 15.8. The normalized spacial score (nSPS) is 32.4. The van der Waals surface area contributed by atoms with Gasteiger partial charge in [-0.15, -0.1) is 0 Å². The Labute approximate surface area is 99.6 Å². The second kappa shape index (κ2) is 6.22. The Kier molecular flexibility index (Phi) is 5.24. The molecule has 16 heavy (non-hydrogen) atoms. The zero-order valence-electron chi connectivity index (χ0n) is 10.8. The van der Waals surface area contributed by atoms with Gasteiger partial charge in [0.05, 0.1) is 12.1 Å². The minimum absolute atomic E-state index is 0.0372. The van der Waals surface area contributed by atoms with Crippen molar-refractivity contribution in [1.82, 2.24) is 10.6 Å². The molecular weight excluding hydrogens is 198 g/mol. The molecule has 3 heteroatoms. The van der Waals surface area contributed by atoms with Crippen molar-refractivity contribution in [3.05, 3.63) is 0 Å². The third-order valence-corrected chi connectivity index (χ3v) is 3.88. The molecule has 0 saturated carbocycles. The van der Waals surface area contributed by atoms with Crippen LogP contribution in [-0.4, -0.2) is 25.7 Å². The lowest BCUT2D eigenvalue weighted by atomic mass is 9.78. The summed E-state index contributed by atoms with van der Waals surface area (Å²) in [5.74, 6) is 0.671. The minimum Gasteiger partial charge on any atom is -0.316 e. The number of hydrogen-bond acceptors (Lipinski definition) is 3. The second-order valence-corrected chi connectivity index (χ2v) is 5.63. The van der Waals surface area contributed by atoms with E-state index >= 15 is 0 Å². The monoisotopic (exact) mass is 223 g/mol. The van der Waals surface area contributed by atoms with Gasteiger partial charge in [0.2, 0.25) is 0 Å². The van der Waals surface area contributed by atoms with E-state index in [4.69, 9.17) is 5.26 Å². The summed E-state index contributed by atoms with van der Waals surface area (Å²) in [6, 6.07) is 2.37. The Morgan fingerprint density at radius 2 is 2.00 bits per heavy atom. The van der Waals surface area contributed by atoms with Crippen molar-refractivity contribution in [2.24, 2.45) is 11.3 Å². The van der Waals surface area contributed by atoms with Crippen molar-refractivity contribution >= 4 is 0 Å². The average Bonchev–Trinajstić information content (AvgIpc) is 2.27. The molecule has 0 aromatic rings. The van der Waals surface area contributed by atoms with Gasteiger partial charge in [0.1, 0.15) is 0 Å². The number of nitrogens with zero attached hydrogens (tertiary/aromatic N) is 1. The Morgan fingerprint density at radius 3 is 2.69 bits per heavy atom. The molecule has 0 bridgehead atoms. The fraction of sp³-hybridized carbons (Fsp3) is 0.923. The molecule has 0 amide bonds. The second-order valence-electron chi connectivity index (χ2n) is 5.63. The molecule has 2 unspecified atom stereocenters. The van der Waals surface area contributed by atoms with Gasteiger partial charge < -0.3 is 10.6 Å². The first-order valence-corrected chi connectivity index (χ1v) is 6.40. The lowest BCUT2D eigenvalue weighted by Gasteiger charge is -2.32.